The maximum absolute atomic E-state index is 13.2. The van der Waals surface area contributed by atoms with E-state index in [0.29, 0.717) is 42.5 Å². The zero-order valence-corrected chi connectivity index (χ0v) is 20.2. The number of nitrogens with zero attached hydrogens (tertiary/aromatic N) is 2. The zero-order valence-electron chi connectivity index (χ0n) is 19.4. The van der Waals surface area contributed by atoms with Crippen molar-refractivity contribution >= 4 is 21.6 Å². The minimum atomic E-state index is -3.66. The summed E-state index contributed by atoms with van der Waals surface area (Å²) in [7, 11) is -3.66. The Morgan fingerprint density at radius 2 is 1.82 bits per heavy atom. The SMILES string of the molecule is Cc1noc(C)c1CCC(=O)Nc1cc(S(=O)(=O)N2CCCCC2)ccc1Oc1ccccc1. The monoisotopic (exact) mass is 483 g/mol. The van der Waals surface area contributed by atoms with Crippen molar-refractivity contribution in [1.82, 2.24) is 9.46 Å². The number of anilines is 1. The normalized spacial score (nSPS) is 14.6. The molecule has 0 radical (unpaired) electrons. The largest absolute Gasteiger partial charge is 0.455 e. The molecule has 1 amide bonds. The second-order valence-corrected chi connectivity index (χ2v) is 10.3. The predicted octanol–water partition coefficient (Wildman–Crippen LogP) is 4.83. The Hall–Kier alpha value is -3.17. The maximum atomic E-state index is 13.2. The lowest BCUT2D eigenvalue weighted by atomic mass is 10.1. The van der Waals surface area contributed by atoms with Crippen LogP contribution in [0.15, 0.2) is 57.9 Å². The van der Waals surface area contributed by atoms with E-state index in [0.717, 1.165) is 30.5 Å². The smallest absolute Gasteiger partial charge is 0.243 e. The molecule has 0 aliphatic carbocycles. The summed E-state index contributed by atoms with van der Waals surface area (Å²) in [6.07, 6.45) is 3.38. The molecule has 1 saturated heterocycles. The summed E-state index contributed by atoms with van der Waals surface area (Å²) in [5.41, 5.74) is 1.97. The van der Waals surface area contributed by atoms with E-state index in [9.17, 15) is 13.2 Å². The molecule has 3 aromatic rings. The molecule has 0 unspecified atom stereocenters. The van der Waals surface area contributed by atoms with Gasteiger partial charge in [0.25, 0.3) is 0 Å². The molecule has 1 aliphatic heterocycles. The van der Waals surface area contributed by atoms with E-state index < -0.39 is 10.0 Å². The molecule has 1 N–H and O–H groups in total. The lowest BCUT2D eigenvalue weighted by molar-refractivity contribution is -0.116. The number of nitrogens with one attached hydrogen (secondary N) is 1. The first-order valence-corrected chi connectivity index (χ1v) is 12.9. The van der Waals surface area contributed by atoms with Crippen molar-refractivity contribution in [2.75, 3.05) is 18.4 Å². The zero-order chi connectivity index (χ0) is 24.1. The molecule has 9 heteroatoms. The Labute approximate surface area is 200 Å². The maximum Gasteiger partial charge on any atom is 0.243 e. The van der Waals surface area contributed by atoms with Crippen molar-refractivity contribution in [2.45, 2.75) is 50.8 Å². The highest BCUT2D eigenvalue weighted by atomic mass is 32.2. The summed E-state index contributed by atoms with van der Waals surface area (Å²) in [6.45, 7) is 4.66. The number of ether oxygens (including phenoxy) is 1. The van der Waals surface area contributed by atoms with Gasteiger partial charge >= 0.3 is 0 Å². The molecule has 4 rings (SSSR count). The van der Waals surface area contributed by atoms with Crippen LogP contribution < -0.4 is 10.1 Å². The van der Waals surface area contributed by atoms with Gasteiger partial charge in [-0.2, -0.15) is 4.31 Å². The van der Waals surface area contributed by atoms with E-state index in [4.69, 9.17) is 9.26 Å². The van der Waals surface area contributed by atoms with Gasteiger partial charge in [-0.05, 0) is 63.4 Å². The van der Waals surface area contributed by atoms with Crippen molar-refractivity contribution < 1.29 is 22.5 Å². The van der Waals surface area contributed by atoms with Gasteiger partial charge in [0.15, 0.2) is 5.75 Å². The third-order valence-corrected chi connectivity index (χ3v) is 7.83. The molecular weight excluding hydrogens is 454 g/mol. The Kier molecular flexibility index (Phi) is 7.33. The van der Waals surface area contributed by atoms with E-state index in [1.165, 1.54) is 16.4 Å². The summed E-state index contributed by atoms with van der Waals surface area (Å²) in [4.78, 5) is 13.0. The fourth-order valence-corrected chi connectivity index (χ4v) is 5.58. The van der Waals surface area contributed by atoms with Crippen molar-refractivity contribution in [3.63, 3.8) is 0 Å². The van der Waals surface area contributed by atoms with Crippen LogP contribution in [0.25, 0.3) is 0 Å². The van der Waals surface area contributed by atoms with Crippen LogP contribution in [-0.2, 0) is 21.2 Å². The Morgan fingerprint density at radius 1 is 1.09 bits per heavy atom. The van der Waals surface area contributed by atoms with E-state index in [-0.39, 0.29) is 17.2 Å². The highest BCUT2D eigenvalue weighted by molar-refractivity contribution is 7.89. The van der Waals surface area contributed by atoms with Crippen LogP contribution in [-0.4, -0.2) is 36.9 Å². The number of benzene rings is 2. The van der Waals surface area contributed by atoms with E-state index in [1.54, 1.807) is 18.2 Å². The van der Waals surface area contributed by atoms with Gasteiger partial charge in [-0.3, -0.25) is 4.79 Å². The number of sulfonamides is 1. The standard InChI is InChI=1S/C25H29N3O5S/c1-18-22(19(2)33-27-18)12-14-25(29)26-23-17-21(34(30,31)28-15-7-4-8-16-28)11-13-24(23)32-20-9-5-3-6-10-20/h3,5-6,9-11,13,17H,4,7-8,12,14-16H2,1-2H3,(H,26,29). The van der Waals surface area contributed by atoms with Gasteiger partial charge in [0.05, 0.1) is 16.3 Å². The number of amides is 1. The molecule has 2 aromatic carbocycles. The Bertz CT molecular complexity index is 1230. The Balaban J connectivity index is 1.58. The van der Waals surface area contributed by atoms with Crippen LogP contribution in [0.3, 0.4) is 0 Å². The molecule has 0 saturated carbocycles. The minimum Gasteiger partial charge on any atom is -0.455 e. The summed E-state index contributed by atoms with van der Waals surface area (Å²) in [5.74, 6) is 1.38. The van der Waals surface area contributed by atoms with Crippen molar-refractivity contribution in [3.05, 3.63) is 65.5 Å². The Morgan fingerprint density at radius 3 is 2.50 bits per heavy atom. The number of carbonyl (C=O) groups is 1. The van der Waals surface area contributed by atoms with Crippen molar-refractivity contribution in [2.24, 2.45) is 0 Å². The summed E-state index contributed by atoms with van der Waals surface area (Å²) in [6, 6.07) is 13.7. The number of carbonyl (C=O) groups excluding carboxylic acids is 1. The highest BCUT2D eigenvalue weighted by Gasteiger charge is 2.27. The molecular formula is C25H29N3O5S. The van der Waals surface area contributed by atoms with Gasteiger partial charge in [0.1, 0.15) is 11.5 Å². The fourth-order valence-electron chi connectivity index (χ4n) is 4.04. The summed E-state index contributed by atoms with van der Waals surface area (Å²) < 4.78 is 39.1. The average Bonchev–Trinajstić information content (AvgIpc) is 3.17. The predicted molar refractivity (Wildman–Crippen MR) is 128 cm³/mol. The van der Waals surface area contributed by atoms with E-state index in [2.05, 4.69) is 10.5 Å². The third-order valence-electron chi connectivity index (χ3n) is 5.93. The molecule has 1 aromatic heterocycles. The molecule has 0 spiro atoms. The first-order chi connectivity index (χ1) is 16.3. The number of hydrogen-bond donors (Lipinski definition) is 1. The van der Waals surface area contributed by atoms with Gasteiger partial charge in [0.2, 0.25) is 15.9 Å². The lowest BCUT2D eigenvalue weighted by Crippen LogP contribution is -2.35. The van der Waals surface area contributed by atoms with Crippen LogP contribution in [0.2, 0.25) is 0 Å². The van der Waals surface area contributed by atoms with Crippen LogP contribution in [0.1, 0.15) is 42.7 Å². The third kappa shape index (κ3) is 5.48. The van der Waals surface area contributed by atoms with Crippen molar-refractivity contribution in [1.29, 1.82) is 0 Å². The van der Waals surface area contributed by atoms with Gasteiger partial charge in [-0.1, -0.05) is 29.8 Å². The number of aromatic nitrogens is 1. The van der Waals surface area contributed by atoms with Gasteiger partial charge < -0.3 is 14.6 Å². The van der Waals surface area contributed by atoms with E-state index in [1.807, 2.05) is 32.0 Å². The average molecular weight is 484 g/mol. The molecule has 1 aliphatic rings. The summed E-state index contributed by atoms with van der Waals surface area (Å²) >= 11 is 0. The number of para-hydroxylation sites is 1. The number of rotatable bonds is 8. The molecule has 0 bridgehead atoms. The summed E-state index contributed by atoms with van der Waals surface area (Å²) in [5, 5.41) is 6.77. The van der Waals surface area contributed by atoms with Gasteiger partial charge in [0, 0.05) is 25.1 Å². The number of piperidine rings is 1. The molecule has 2 heterocycles. The lowest BCUT2D eigenvalue weighted by Gasteiger charge is -2.26. The van der Waals surface area contributed by atoms with Crippen LogP contribution in [0, 0.1) is 13.8 Å². The van der Waals surface area contributed by atoms with Crippen LogP contribution in [0.4, 0.5) is 5.69 Å². The van der Waals surface area contributed by atoms with Gasteiger partial charge in [-0.15, -0.1) is 0 Å². The molecule has 0 atom stereocenters. The quantitative estimate of drug-likeness (QED) is 0.492. The number of aryl methyl sites for hydroxylation is 2. The first kappa shape index (κ1) is 24.0. The first-order valence-electron chi connectivity index (χ1n) is 11.4. The second-order valence-electron chi connectivity index (χ2n) is 8.39. The minimum absolute atomic E-state index is 0.135. The fraction of sp³-hybridized carbons (Fsp3) is 0.360. The van der Waals surface area contributed by atoms with Crippen LogP contribution >= 0.6 is 0 Å². The molecule has 180 valence electrons. The van der Waals surface area contributed by atoms with E-state index >= 15 is 0 Å². The topological polar surface area (TPSA) is 102 Å². The van der Waals surface area contributed by atoms with Crippen molar-refractivity contribution in [3.8, 4) is 11.5 Å². The molecule has 34 heavy (non-hydrogen) atoms. The molecule has 8 nitrogen and oxygen atoms in total. The second kappa shape index (κ2) is 10.4. The number of hydrogen-bond acceptors (Lipinski definition) is 6. The van der Waals surface area contributed by atoms with Crippen LogP contribution in [0.5, 0.6) is 11.5 Å². The highest BCUT2D eigenvalue weighted by Crippen LogP contribution is 2.33. The van der Waals surface area contributed by atoms with Gasteiger partial charge in [-0.25, -0.2) is 8.42 Å². The molecule has 1 fully saturated rings.